The molecule has 4 heteroatoms. The lowest BCUT2D eigenvalue weighted by atomic mass is 10.1. The van der Waals surface area contributed by atoms with Crippen molar-refractivity contribution >= 4 is 27.9 Å². The third-order valence-electron chi connectivity index (χ3n) is 2.70. The first-order chi connectivity index (χ1) is 8.29. The van der Waals surface area contributed by atoms with Crippen LogP contribution in [0.4, 0.5) is 0 Å². The maximum Gasteiger partial charge on any atom is 0.337 e. The van der Waals surface area contributed by atoms with Crippen LogP contribution in [-0.2, 0) is 4.74 Å². The summed E-state index contributed by atoms with van der Waals surface area (Å²) < 4.78 is 10.3. The van der Waals surface area contributed by atoms with Crippen LogP contribution >= 0.6 is 0 Å². The largest absolute Gasteiger partial charge is 0.465 e. The van der Waals surface area contributed by atoms with Crippen molar-refractivity contribution in [3.63, 3.8) is 0 Å². The van der Waals surface area contributed by atoms with Gasteiger partial charge in [0.2, 0.25) is 0 Å². The number of methoxy groups -OCH3 is 1. The maximum atomic E-state index is 11.4. The van der Waals surface area contributed by atoms with E-state index >= 15 is 0 Å². The van der Waals surface area contributed by atoms with E-state index in [-0.39, 0.29) is 5.97 Å². The lowest BCUT2D eigenvalue weighted by molar-refractivity contribution is 0.0601. The van der Waals surface area contributed by atoms with Crippen LogP contribution in [0, 0.1) is 0 Å². The third kappa shape index (κ3) is 1.45. The van der Waals surface area contributed by atoms with Crippen LogP contribution in [0.2, 0.25) is 0 Å². The maximum absolute atomic E-state index is 11.4. The number of esters is 1. The van der Waals surface area contributed by atoms with E-state index in [9.17, 15) is 4.79 Å². The van der Waals surface area contributed by atoms with E-state index in [1.54, 1.807) is 24.5 Å². The van der Waals surface area contributed by atoms with E-state index in [0.717, 1.165) is 10.8 Å². The minimum absolute atomic E-state index is 0.370. The van der Waals surface area contributed by atoms with Gasteiger partial charge in [0.05, 0.1) is 18.9 Å². The van der Waals surface area contributed by atoms with Gasteiger partial charge in [0, 0.05) is 17.0 Å². The molecule has 0 N–H and O–H groups in total. The lowest BCUT2D eigenvalue weighted by Crippen LogP contribution is -1.99. The molecule has 84 valence electrons. The van der Waals surface area contributed by atoms with Crippen molar-refractivity contribution in [3.05, 3.63) is 42.2 Å². The second kappa shape index (κ2) is 3.59. The van der Waals surface area contributed by atoms with Crippen molar-refractivity contribution in [2.75, 3.05) is 7.11 Å². The van der Waals surface area contributed by atoms with E-state index < -0.39 is 0 Å². The zero-order valence-electron chi connectivity index (χ0n) is 9.14. The summed E-state index contributed by atoms with van der Waals surface area (Å²) in [7, 11) is 1.36. The lowest BCUT2D eigenvalue weighted by Gasteiger charge is -1.97. The molecule has 0 atom stereocenters. The van der Waals surface area contributed by atoms with Crippen LogP contribution in [0.3, 0.4) is 0 Å². The number of fused-ring (bicyclic) bond motifs is 3. The van der Waals surface area contributed by atoms with Crippen molar-refractivity contribution in [2.24, 2.45) is 0 Å². The van der Waals surface area contributed by atoms with Gasteiger partial charge in [-0.05, 0) is 24.3 Å². The molecule has 0 saturated heterocycles. The van der Waals surface area contributed by atoms with Crippen molar-refractivity contribution < 1.29 is 13.9 Å². The summed E-state index contributed by atoms with van der Waals surface area (Å²) >= 11 is 0. The molecule has 3 rings (SSSR count). The van der Waals surface area contributed by atoms with Crippen LogP contribution < -0.4 is 0 Å². The summed E-state index contributed by atoms with van der Waals surface area (Å²) in [6.45, 7) is 0. The fourth-order valence-corrected chi connectivity index (χ4v) is 1.88. The average molecular weight is 227 g/mol. The fraction of sp³-hybridized carbons (Fsp3) is 0.0769. The van der Waals surface area contributed by atoms with Crippen molar-refractivity contribution in [1.82, 2.24) is 4.98 Å². The van der Waals surface area contributed by atoms with Gasteiger partial charge >= 0.3 is 5.97 Å². The first-order valence-corrected chi connectivity index (χ1v) is 5.14. The number of nitrogens with zero attached hydrogens (tertiary/aromatic N) is 1. The molecule has 17 heavy (non-hydrogen) atoms. The number of benzene rings is 1. The van der Waals surface area contributed by atoms with Gasteiger partial charge in [0.15, 0.2) is 5.58 Å². The Bertz CT molecular complexity index is 715. The predicted molar refractivity (Wildman–Crippen MR) is 62.9 cm³/mol. The summed E-state index contributed by atoms with van der Waals surface area (Å²) in [5.41, 5.74) is 1.85. The molecular weight excluding hydrogens is 218 g/mol. The molecule has 0 unspecified atom stereocenters. The smallest absolute Gasteiger partial charge is 0.337 e. The van der Waals surface area contributed by atoms with Gasteiger partial charge < -0.3 is 9.15 Å². The first kappa shape index (κ1) is 9.84. The molecule has 3 aromatic rings. The Morgan fingerprint density at radius 2 is 2.06 bits per heavy atom. The highest BCUT2D eigenvalue weighted by molar-refractivity contribution is 6.06. The monoisotopic (exact) mass is 227 g/mol. The van der Waals surface area contributed by atoms with Gasteiger partial charge in [-0.15, -0.1) is 0 Å². The van der Waals surface area contributed by atoms with Crippen molar-refractivity contribution in [1.29, 1.82) is 0 Å². The topological polar surface area (TPSA) is 52.3 Å². The highest BCUT2D eigenvalue weighted by atomic mass is 16.5. The van der Waals surface area contributed by atoms with E-state index in [1.165, 1.54) is 7.11 Å². The van der Waals surface area contributed by atoms with E-state index in [0.29, 0.717) is 16.7 Å². The molecule has 0 amide bonds. The number of aromatic nitrogens is 1. The van der Waals surface area contributed by atoms with Gasteiger partial charge in [0.1, 0.15) is 5.58 Å². The number of hydrogen-bond acceptors (Lipinski definition) is 4. The van der Waals surface area contributed by atoms with Crippen LogP contribution in [0.5, 0.6) is 0 Å². The molecule has 0 bridgehead atoms. The first-order valence-electron chi connectivity index (χ1n) is 5.14. The molecule has 2 heterocycles. The normalized spacial score (nSPS) is 10.9. The molecular formula is C13H9NO3. The van der Waals surface area contributed by atoms with E-state index in [4.69, 9.17) is 4.42 Å². The van der Waals surface area contributed by atoms with Crippen molar-refractivity contribution in [3.8, 4) is 0 Å². The van der Waals surface area contributed by atoms with Gasteiger partial charge in [-0.1, -0.05) is 0 Å². The number of carbonyl (C=O) groups excluding carboxylic acids is 1. The SMILES string of the molecule is COC(=O)c1ccc2c(c1)oc1cnccc12. The van der Waals surface area contributed by atoms with Crippen LogP contribution in [0.25, 0.3) is 21.9 Å². The second-order valence-electron chi connectivity index (χ2n) is 3.68. The molecule has 0 aliphatic rings. The predicted octanol–water partition coefficient (Wildman–Crippen LogP) is 2.77. The van der Waals surface area contributed by atoms with Gasteiger partial charge in [-0.25, -0.2) is 4.79 Å². The zero-order chi connectivity index (χ0) is 11.8. The number of rotatable bonds is 1. The summed E-state index contributed by atoms with van der Waals surface area (Å²) in [4.78, 5) is 15.4. The second-order valence-corrected chi connectivity index (χ2v) is 3.68. The molecule has 4 nitrogen and oxygen atoms in total. The van der Waals surface area contributed by atoms with Gasteiger partial charge in [0.25, 0.3) is 0 Å². The van der Waals surface area contributed by atoms with Gasteiger partial charge in [-0.3, -0.25) is 4.98 Å². The van der Waals surface area contributed by atoms with Crippen LogP contribution in [0.15, 0.2) is 41.1 Å². The molecule has 0 saturated carbocycles. The number of hydrogen-bond donors (Lipinski definition) is 0. The molecule has 0 spiro atoms. The minimum Gasteiger partial charge on any atom is -0.465 e. The summed E-state index contributed by atoms with van der Waals surface area (Å²) in [6.07, 6.45) is 3.37. The third-order valence-corrected chi connectivity index (χ3v) is 2.70. The highest BCUT2D eigenvalue weighted by Crippen LogP contribution is 2.28. The summed E-state index contributed by atoms with van der Waals surface area (Å²) in [6, 6.07) is 7.15. The minimum atomic E-state index is -0.370. The quantitative estimate of drug-likeness (QED) is 0.600. The number of carbonyl (C=O) groups is 1. The van der Waals surface area contributed by atoms with Crippen molar-refractivity contribution in [2.45, 2.75) is 0 Å². The van der Waals surface area contributed by atoms with Gasteiger partial charge in [-0.2, -0.15) is 0 Å². The summed E-state index contributed by atoms with van der Waals surface area (Å²) in [5, 5.41) is 1.96. The molecule has 0 aliphatic carbocycles. The van der Waals surface area contributed by atoms with Crippen LogP contribution in [-0.4, -0.2) is 18.1 Å². The molecule has 0 aliphatic heterocycles. The zero-order valence-corrected chi connectivity index (χ0v) is 9.14. The number of furan rings is 1. The van der Waals surface area contributed by atoms with E-state index in [1.807, 2.05) is 12.1 Å². The Labute approximate surface area is 96.8 Å². The van der Waals surface area contributed by atoms with E-state index in [2.05, 4.69) is 9.72 Å². The Balaban J connectivity index is 2.30. The molecule has 2 aromatic heterocycles. The molecule has 1 aromatic carbocycles. The Hall–Kier alpha value is -2.36. The highest BCUT2D eigenvalue weighted by Gasteiger charge is 2.10. The Morgan fingerprint density at radius 1 is 1.24 bits per heavy atom. The van der Waals surface area contributed by atoms with Crippen LogP contribution in [0.1, 0.15) is 10.4 Å². The standard InChI is InChI=1S/C13H9NO3/c1-16-13(15)8-2-3-9-10-4-5-14-7-12(10)17-11(9)6-8/h2-7H,1H3. The molecule has 0 radical (unpaired) electrons. The fourth-order valence-electron chi connectivity index (χ4n) is 1.88. The summed E-state index contributed by atoms with van der Waals surface area (Å²) in [5.74, 6) is -0.370. The Morgan fingerprint density at radius 3 is 2.88 bits per heavy atom. The average Bonchev–Trinajstić information content (AvgIpc) is 2.75. The number of pyridine rings is 1. The Kier molecular flexibility index (Phi) is 2.08. The molecule has 0 fully saturated rings. The number of ether oxygens (including phenoxy) is 1.